The molecule has 0 atom stereocenters. The van der Waals surface area contributed by atoms with Gasteiger partial charge in [0.05, 0.1) is 45.3 Å². The monoisotopic (exact) mass is 633 g/mol. The second-order valence-electron chi connectivity index (χ2n) is 9.84. The molecule has 2 heterocycles. The first kappa shape index (κ1) is 32.6. The summed E-state index contributed by atoms with van der Waals surface area (Å²) < 4.78 is 58.3. The van der Waals surface area contributed by atoms with Gasteiger partial charge in [-0.3, -0.25) is 14.4 Å². The lowest BCUT2D eigenvalue weighted by molar-refractivity contribution is -0.143. The van der Waals surface area contributed by atoms with Crippen LogP contribution in [0.4, 0.5) is 8.78 Å². The van der Waals surface area contributed by atoms with Crippen LogP contribution in [0.2, 0.25) is 0 Å². The average Bonchev–Trinajstić information content (AvgIpc) is 3.65. The van der Waals surface area contributed by atoms with Crippen molar-refractivity contribution in [1.29, 1.82) is 0 Å². The van der Waals surface area contributed by atoms with Gasteiger partial charge in [-0.1, -0.05) is 0 Å². The van der Waals surface area contributed by atoms with Gasteiger partial charge in [0.2, 0.25) is 5.91 Å². The molecule has 44 heavy (non-hydrogen) atoms. The summed E-state index contributed by atoms with van der Waals surface area (Å²) in [5.41, 5.74) is 0.927. The minimum Gasteiger partial charge on any atom is -0.493 e. The van der Waals surface area contributed by atoms with Crippen molar-refractivity contribution < 1.29 is 51.6 Å². The zero-order valence-corrected chi connectivity index (χ0v) is 25.5. The standard InChI is InChI=1S/C31H33F2NO9S/c1-4-41-27(38)9-8-21(36)25-14-19-24(44-25)15-23(40-3)31(28(19)32)43-12-6-11-42-30-22(39-2)13-18-16-34(17-20(18)29(30)33)26(37)7-5-10-35/h10,13-15H,4-9,11-12,16-17H2,1-3H3. The van der Waals surface area contributed by atoms with E-state index in [4.69, 9.17) is 23.7 Å². The zero-order chi connectivity index (χ0) is 31.8. The van der Waals surface area contributed by atoms with E-state index in [9.17, 15) is 19.2 Å². The van der Waals surface area contributed by atoms with Crippen LogP contribution in [-0.2, 0) is 32.2 Å². The second kappa shape index (κ2) is 15.0. The molecule has 2 aromatic carbocycles. The number of aldehydes is 1. The highest BCUT2D eigenvalue weighted by Crippen LogP contribution is 2.41. The molecule has 236 valence electrons. The SMILES string of the molecule is CCOC(=O)CCC(=O)c1cc2c(F)c(OCCCOc3c(OC)cc4c(c3F)CN(C(=O)CCC=O)C4)c(OC)cc2s1. The molecule has 0 N–H and O–H groups in total. The van der Waals surface area contributed by atoms with Gasteiger partial charge in [-0.25, -0.2) is 8.78 Å². The molecule has 0 fully saturated rings. The van der Waals surface area contributed by atoms with E-state index in [1.54, 1.807) is 19.1 Å². The number of rotatable bonds is 16. The summed E-state index contributed by atoms with van der Waals surface area (Å²) in [6.07, 6.45) is 0.955. The highest BCUT2D eigenvalue weighted by atomic mass is 32.1. The highest BCUT2D eigenvalue weighted by molar-refractivity contribution is 7.20. The number of carbonyl (C=O) groups is 4. The predicted molar refractivity (Wildman–Crippen MR) is 157 cm³/mol. The van der Waals surface area contributed by atoms with Gasteiger partial charge in [-0.15, -0.1) is 11.3 Å². The number of thiophene rings is 1. The molecule has 0 aliphatic carbocycles. The third-order valence-corrected chi connectivity index (χ3v) is 8.08. The van der Waals surface area contributed by atoms with Crippen molar-refractivity contribution in [2.75, 3.05) is 34.0 Å². The van der Waals surface area contributed by atoms with Crippen molar-refractivity contribution in [3.63, 3.8) is 0 Å². The van der Waals surface area contributed by atoms with Gasteiger partial charge in [0.15, 0.2) is 40.4 Å². The smallest absolute Gasteiger partial charge is 0.306 e. The van der Waals surface area contributed by atoms with Crippen LogP contribution in [-0.4, -0.2) is 62.9 Å². The summed E-state index contributed by atoms with van der Waals surface area (Å²) in [5, 5.41) is 0.185. The van der Waals surface area contributed by atoms with Gasteiger partial charge in [-0.05, 0) is 24.6 Å². The number of fused-ring (bicyclic) bond motifs is 2. The Balaban J connectivity index is 1.38. The maximum absolute atomic E-state index is 15.5. The van der Waals surface area contributed by atoms with Crippen LogP contribution in [0.1, 0.15) is 59.8 Å². The van der Waals surface area contributed by atoms with Crippen molar-refractivity contribution in [3.05, 3.63) is 45.8 Å². The normalized spacial score (nSPS) is 12.2. The lowest BCUT2D eigenvalue weighted by atomic mass is 10.1. The number of hydrogen-bond donors (Lipinski definition) is 0. The van der Waals surface area contributed by atoms with Crippen molar-refractivity contribution in [2.24, 2.45) is 0 Å². The first-order valence-corrected chi connectivity index (χ1v) is 14.9. The zero-order valence-electron chi connectivity index (χ0n) is 24.7. The number of ketones is 1. The van der Waals surface area contributed by atoms with Crippen LogP contribution in [0.5, 0.6) is 23.0 Å². The Morgan fingerprint density at radius 1 is 0.932 bits per heavy atom. The molecule has 0 saturated heterocycles. The van der Waals surface area contributed by atoms with E-state index in [2.05, 4.69) is 0 Å². The van der Waals surface area contributed by atoms with Crippen molar-refractivity contribution in [3.8, 4) is 23.0 Å². The van der Waals surface area contributed by atoms with Gasteiger partial charge >= 0.3 is 5.97 Å². The molecule has 10 nitrogen and oxygen atoms in total. The van der Waals surface area contributed by atoms with E-state index in [1.165, 1.54) is 25.2 Å². The predicted octanol–water partition coefficient (Wildman–Crippen LogP) is 5.39. The van der Waals surface area contributed by atoms with Crippen molar-refractivity contribution >= 4 is 45.4 Å². The molecular formula is C31H33F2NO9S. The number of carbonyl (C=O) groups excluding carboxylic acids is 4. The third-order valence-electron chi connectivity index (χ3n) is 6.96. The van der Waals surface area contributed by atoms with E-state index < -0.39 is 17.6 Å². The molecule has 3 aromatic rings. The molecule has 1 amide bonds. The Labute approximate surface area is 256 Å². The molecule has 0 unspecified atom stereocenters. The second-order valence-corrected chi connectivity index (χ2v) is 10.9. The summed E-state index contributed by atoms with van der Waals surface area (Å²) >= 11 is 1.09. The molecule has 1 aliphatic rings. The minimum atomic E-state index is -0.695. The van der Waals surface area contributed by atoms with Crippen LogP contribution in [0.3, 0.4) is 0 Å². The molecular weight excluding hydrogens is 600 g/mol. The molecule has 0 bridgehead atoms. The molecule has 0 spiro atoms. The summed E-state index contributed by atoms with van der Waals surface area (Å²) in [7, 11) is 2.75. The van der Waals surface area contributed by atoms with Crippen molar-refractivity contribution in [2.45, 2.75) is 52.1 Å². The fourth-order valence-corrected chi connectivity index (χ4v) is 5.82. The average molecular weight is 634 g/mol. The van der Waals surface area contributed by atoms with E-state index in [0.717, 1.165) is 11.3 Å². The van der Waals surface area contributed by atoms with E-state index >= 15 is 8.78 Å². The Bertz CT molecular complexity index is 1560. The molecule has 1 aromatic heterocycles. The maximum Gasteiger partial charge on any atom is 0.306 e. The highest BCUT2D eigenvalue weighted by Gasteiger charge is 2.30. The largest absolute Gasteiger partial charge is 0.493 e. The Hall–Kier alpha value is -4.26. The van der Waals surface area contributed by atoms with Crippen LogP contribution in [0.25, 0.3) is 10.1 Å². The fourth-order valence-electron chi connectivity index (χ4n) is 4.77. The lowest BCUT2D eigenvalue weighted by Gasteiger charge is -2.15. The van der Waals surface area contributed by atoms with Gasteiger partial charge < -0.3 is 33.4 Å². The van der Waals surface area contributed by atoms with Gasteiger partial charge in [-0.2, -0.15) is 0 Å². The number of benzene rings is 2. The van der Waals surface area contributed by atoms with Crippen LogP contribution in [0, 0.1) is 11.6 Å². The summed E-state index contributed by atoms with van der Waals surface area (Å²) in [6.45, 7) is 2.19. The summed E-state index contributed by atoms with van der Waals surface area (Å²) in [5.74, 6) is -2.27. The number of ether oxygens (including phenoxy) is 5. The molecule has 0 radical (unpaired) electrons. The fraction of sp³-hybridized carbons (Fsp3) is 0.419. The summed E-state index contributed by atoms with van der Waals surface area (Å²) in [6, 6.07) is 4.64. The first-order chi connectivity index (χ1) is 21.2. The third kappa shape index (κ3) is 7.26. The van der Waals surface area contributed by atoms with Crippen molar-refractivity contribution in [1.82, 2.24) is 4.90 Å². The number of hydrogen-bond acceptors (Lipinski definition) is 10. The topological polar surface area (TPSA) is 118 Å². The maximum atomic E-state index is 15.5. The Morgan fingerprint density at radius 3 is 2.27 bits per heavy atom. The number of halogens is 2. The van der Waals surface area contributed by atoms with Gasteiger partial charge in [0, 0.05) is 60.5 Å². The Kier molecular flexibility index (Phi) is 11.1. The number of nitrogens with zero attached hydrogens (tertiary/aromatic N) is 1. The molecule has 13 heteroatoms. The first-order valence-electron chi connectivity index (χ1n) is 14.1. The molecule has 0 saturated carbocycles. The lowest BCUT2D eigenvalue weighted by Crippen LogP contribution is -2.25. The Morgan fingerprint density at radius 2 is 1.61 bits per heavy atom. The number of amides is 1. The number of methoxy groups -OCH3 is 2. The van der Waals surface area contributed by atoms with E-state index in [-0.39, 0.29) is 105 Å². The quantitative estimate of drug-likeness (QED) is 0.0886. The number of esters is 1. The van der Waals surface area contributed by atoms with E-state index in [0.29, 0.717) is 27.0 Å². The number of Topliss-reactive ketones (excluding diaryl/α,β-unsaturated/α-hetero) is 1. The van der Waals surface area contributed by atoms with Gasteiger partial charge in [0.25, 0.3) is 0 Å². The minimum absolute atomic E-state index is 0.00212. The summed E-state index contributed by atoms with van der Waals surface area (Å²) in [4.78, 5) is 48.9. The molecule has 4 rings (SSSR count). The van der Waals surface area contributed by atoms with E-state index in [1.807, 2.05) is 0 Å². The van der Waals surface area contributed by atoms with Gasteiger partial charge in [0.1, 0.15) is 6.29 Å². The van der Waals surface area contributed by atoms with Crippen LogP contribution < -0.4 is 18.9 Å². The van der Waals surface area contributed by atoms with Crippen LogP contribution in [0.15, 0.2) is 18.2 Å². The van der Waals surface area contributed by atoms with Crippen LogP contribution >= 0.6 is 11.3 Å². The molecule has 1 aliphatic heterocycles.